The Hall–Kier alpha value is -4.28. The minimum absolute atomic E-state index is 0.0909. The minimum Gasteiger partial charge on any atom is -0.483 e. The van der Waals surface area contributed by atoms with Gasteiger partial charge in [0, 0.05) is 47.0 Å². The van der Waals surface area contributed by atoms with Crippen LogP contribution in [0.25, 0.3) is 33.7 Å². The molecule has 2 aliphatic heterocycles. The highest BCUT2D eigenvalue weighted by molar-refractivity contribution is 6.36. The first kappa shape index (κ1) is 31.3. The maximum Gasteiger partial charge on any atom is 0.194 e. The van der Waals surface area contributed by atoms with Crippen LogP contribution in [0.5, 0.6) is 0 Å². The molecule has 2 aliphatic carbocycles. The van der Waals surface area contributed by atoms with Crippen LogP contribution in [0, 0.1) is 34.8 Å². The third-order valence-corrected chi connectivity index (χ3v) is 10.7. The van der Waals surface area contributed by atoms with E-state index in [1.54, 1.807) is 36.4 Å². The lowest BCUT2D eigenvalue weighted by Crippen LogP contribution is -2.60. The smallest absolute Gasteiger partial charge is 0.194 e. The number of ether oxygens (including phenoxy) is 1. The fourth-order valence-electron chi connectivity index (χ4n) is 7.89. The van der Waals surface area contributed by atoms with Gasteiger partial charge in [-0.3, -0.25) is 4.79 Å². The highest BCUT2D eigenvalue weighted by Crippen LogP contribution is 2.49. The van der Waals surface area contributed by atoms with Gasteiger partial charge in [0.2, 0.25) is 0 Å². The average molecular weight is 656 g/mol. The van der Waals surface area contributed by atoms with Crippen molar-refractivity contribution in [2.75, 3.05) is 26.7 Å². The summed E-state index contributed by atoms with van der Waals surface area (Å²) < 4.78 is 51.3. The Balaban J connectivity index is 1.36. The average Bonchev–Trinajstić information content (AvgIpc) is 3.40. The number of hydrogen-bond donors (Lipinski definition) is 0. The van der Waals surface area contributed by atoms with E-state index in [0.717, 1.165) is 25.8 Å². The molecule has 0 bridgehead atoms. The van der Waals surface area contributed by atoms with E-state index >= 15 is 4.39 Å². The van der Waals surface area contributed by atoms with Crippen LogP contribution in [0.3, 0.4) is 0 Å². The zero-order chi connectivity index (χ0) is 33.0. The van der Waals surface area contributed by atoms with Crippen LogP contribution >= 0.6 is 11.6 Å². The number of allylic oxidation sites excluding steroid dienone is 2. The molecule has 4 aliphatic rings. The number of carbonyl (C=O) groups excluding carboxylic acids is 1. The Kier molecular flexibility index (Phi) is 8.26. The zero-order valence-corrected chi connectivity index (χ0v) is 26.7. The van der Waals surface area contributed by atoms with Gasteiger partial charge < -0.3 is 14.5 Å². The monoisotopic (exact) mass is 655 g/mol. The third-order valence-electron chi connectivity index (χ3n) is 10.4. The van der Waals surface area contributed by atoms with Crippen LogP contribution < -0.4 is 0 Å². The molecule has 3 fully saturated rings. The summed E-state index contributed by atoms with van der Waals surface area (Å²) in [6.07, 6.45) is 5.76. The fourth-order valence-corrected chi connectivity index (χ4v) is 8.16. The quantitative estimate of drug-likeness (QED) is 0.189. The summed E-state index contributed by atoms with van der Waals surface area (Å²) in [5.41, 5.74) is 5.65. The molecule has 240 valence electrons. The van der Waals surface area contributed by atoms with E-state index in [2.05, 4.69) is 23.3 Å². The highest BCUT2D eigenvalue weighted by atomic mass is 35.5. The van der Waals surface area contributed by atoms with E-state index < -0.39 is 29.2 Å². The molecule has 1 unspecified atom stereocenters. The Morgan fingerprint density at radius 3 is 2.68 bits per heavy atom. The number of carbonyl (C=O) groups is 1. The molecule has 7 rings (SSSR count). The van der Waals surface area contributed by atoms with E-state index in [1.165, 1.54) is 12.1 Å². The second kappa shape index (κ2) is 12.4. The Bertz CT molecular complexity index is 1970. The highest BCUT2D eigenvalue weighted by Gasteiger charge is 2.50. The van der Waals surface area contributed by atoms with Crippen LogP contribution in [0.2, 0.25) is 5.02 Å². The molecular formula is C38H33ClF3N3O2. The molecule has 0 amide bonds. The molecule has 0 spiro atoms. The summed E-state index contributed by atoms with van der Waals surface area (Å²) in [6, 6.07) is 13.6. The molecule has 4 atom stereocenters. The molecule has 3 aromatic carbocycles. The number of nitriles is 1. The van der Waals surface area contributed by atoms with E-state index in [4.69, 9.17) is 16.3 Å². The number of ketones is 1. The number of likely N-dealkylation sites (tertiary alicyclic amines) is 2. The van der Waals surface area contributed by atoms with E-state index in [0.29, 0.717) is 59.2 Å². The summed E-state index contributed by atoms with van der Waals surface area (Å²) in [6.45, 7) is 4.97. The number of Topliss-reactive ketones (excluding diaryl/α,β-unsaturated/α-hetero) is 1. The minimum atomic E-state index is -0.937. The molecule has 0 N–H and O–H groups in total. The molecule has 0 radical (unpaired) electrons. The molecule has 1 saturated carbocycles. The van der Waals surface area contributed by atoms with Crippen molar-refractivity contribution >= 4 is 39.9 Å². The molecule has 2 heterocycles. The first-order valence-corrected chi connectivity index (χ1v) is 16.4. The van der Waals surface area contributed by atoms with Gasteiger partial charge in [-0.15, -0.1) is 0 Å². The topological polar surface area (TPSA) is 56.6 Å². The van der Waals surface area contributed by atoms with Crippen molar-refractivity contribution < 1.29 is 22.7 Å². The van der Waals surface area contributed by atoms with Crippen molar-refractivity contribution in [3.63, 3.8) is 0 Å². The van der Waals surface area contributed by atoms with Crippen LogP contribution in [0.1, 0.15) is 43.2 Å². The van der Waals surface area contributed by atoms with Crippen LogP contribution in [0.15, 0.2) is 71.9 Å². The van der Waals surface area contributed by atoms with E-state index in [1.807, 2.05) is 11.9 Å². The lowest BCUT2D eigenvalue weighted by atomic mass is 9.67. The van der Waals surface area contributed by atoms with Gasteiger partial charge in [-0.1, -0.05) is 54.6 Å². The van der Waals surface area contributed by atoms with E-state index in [9.17, 15) is 18.8 Å². The fraction of sp³-hybridized carbons (Fsp3) is 0.342. The lowest BCUT2D eigenvalue weighted by Gasteiger charge is -2.56. The maximum atomic E-state index is 16.4. The van der Waals surface area contributed by atoms with Gasteiger partial charge >= 0.3 is 0 Å². The molecule has 9 heteroatoms. The summed E-state index contributed by atoms with van der Waals surface area (Å²) in [5, 5.41) is 11.6. The Morgan fingerprint density at radius 2 is 1.94 bits per heavy atom. The van der Waals surface area contributed by atoms with E-state index in [-0.39, 0.29) is 39.9 Å². The number of likely N-dealkylation sites (N-methyl/N-ethyl adjacent to an activating group) is 1. The third kappa shape index (κ3) is 5.37. The number of hydrogen-bond acceptors (Lipinski definition) is 5. The molecule has 3 aromatic rings. The Labute approximate surface area is 276 Å². The van der Waals surface area contributed by atoms with Crippen molar-refractivity contribution in [1.82, 2.24) is 9.80 Å². The molecule has 2 saturated heterocycles. The number of halogens is 4. The standard InChI is InChI=1S/C38H33ClF3N3O2/c1-21(40)38(46)26-9-4-10-33-30(26)19-45(33)37-27-17-32(42)28(25-8-3-6-22-11-13-31(41)36(39)35(22)25)16-23(27)12-14-34(29(37)18-43)47-20-24-7-5-15-44(24)2/h3,6,8,11-13,16-17,24,26,30,33H,1,4-5,7,9-10,15,19-20H2,2H3/t24-,26?,30-,33+/m0/s1. The number of nitrogens with zero attached hydrogens (tertiary/aromatic N) is 3. The van der Waals surface area contributed by atoms with Gasteiger partial charge in [0.15, 0.2) is 17.4 Å². The van der Waals surface area contributed by atoms with Gasteiger partial charge in [0.05, 0.1) is 10.7 Å². The summed E-state index contributed by atoms with van der Waals surface area (Å²) in [7, 11) is 2.05. The van der Waals surface area contributed by atoms with Crippen molar-refractivity contribution in [3.05, 3.63) is 99.7 Å². The Morgan fingerprint density at radius 1 is 1.11 bits per heavy atom. The number of rotatable bonds is 7. The van der Waals surface area contributed by atoms with Crippen molar-refractivity contribution in [2.24, 2.45) is 11.8 Å². The normalized spacial score (nSPS) is 23.8. The lowest BCUT2D eigenvalue weighted by molar-refractivity contribution is -0.128. The van der Waals surface area contributed by atoms with Gasteiger partial charge in [-0.25, -0.2) is 13.2 Å². The predicted molar refractivity (Wildman–Crippen MR) is 177 cm³/mol. The first-order chi connectivity index (χ1) is 22.7. The predicted octanol–water partition coefficient (Wildman–Crippen LogP) is 8.45. The maximum absolute atomic E-state index is 16.4. The molecule has 47 heavy (non-hydrogen) atoms. The van der Waals surface area contributed by atoms with Crippen LogP contribution in [0.4, 0.5) is 13.2 Å². The molecular weight excluding hydrogens is 623 g/mol. The van der Waals surface area contributed by atoms with Crippen molar-refractivity contribution in [1.29, 1.82) is 5.26 Å². The summed E-state index contributed by atoms with van der Waals surface area (Å²) in [5.74, 6) is -3.02. The van der Waals surface area contributed by atoms with Gasteiger partial charge in [-0.05, 0) is 80.1 Å². The second-order valence-electron chi connectivity index (χ2n) is 12.9. The molecule has 5 nitrogen and oxygen atoms in total. The summed E-state index contributed by atoms with van der Waals surface area (Å²) in [4.78, 5) is 17.0. The SMILES string of the molecule is C=C(F)C(=O)C1CCC[C@@H]2[C@H]1CN2C1=C(C#N)C(OC[C@@H]2CCCN2C)=C=Cc2cc(-c3cccc4ccc(F)c(Cl)c34)c(F)cc21. The van der Waals surface area contributed by atoms with Gasteiger partial charge in [0.1, 0.15) is 29.9 Å². The van der Waals surface area contributed by atoms with Gasteiger partial charge in [-0.2, -0.15) is 5.26 Å². The van der Waals surface area contributed by atoms with Crippen LogP contribution in [-0.4, -0.2) is 54.4 Å². The van der Waals surface area contributed by atoms with Crippen molar-refractivity contribution in [2.45, 2.75) is 44.2 Å². The number of fused-ring (bicyclic) bond motifs is 3. The summed E-state index contributed by atoms with van der Waals surface area (Å²) >= 11 is 6.42. The molecule has 0 aromatic heterocycles. The largest absolute Gasteiger partial charge is 0.483 e. The second-order valence-corrected chi connectivity index (χ2v) is 13.3. The zero-order valence-electron chi connectivity index (χ0n) is 26.0. The van der Waals surface area contributed by atoms with Crippen LogP contribution in [-0.2, 0) is 9.53 Å². The first-order valence-electron chi connectivity index (χ1n) is 16.0. The van der Waals surface area contributed by atoms with Crippen molar-refractivity contribution in [3.8, 4) is 17.2 Å². The number of benzene rings is 3. The van der Waals surface area contributed by atoms with Gasteiger partial charge in [0.25, 0.3) is 0 Å².